The van der Waals surface area contributed by atoms with Crippen LogP contribution in [0.1, 0.15) is 26.2 Å². The van der Waals surface area contributed by atoms with Crippen molar-refractivity contribution in [2.45, 2.75) is 36.0 Å². The minimum Gasteiger partial charge on any atom is -0.326 e. The van der Waals surface area contributed by atoms with E-state index < -0.39 is 10.0 Å². The van der Waals surface area contributed by atoms with E-state index in [1.54, 1.807) is 23.9 Å². The molecule has 2 aromatic carbocycles. The van der Waals surface area contributed by atoms with E-state index in [4.69, 9.17) is 11.6 Å². The van der Waals surface area contributed by atoms with Gasteiger partial charge in [-0.1, -0.05) is 24.9 Å². The number of carbonyl (C=O) groups excluding carboxylic acids is 1. The van der Waals surface area contributed by atoms with Crippen molar-refractivity contribution in [3.05, 3.63) is 53.6 Å². The average molecular weight is 427 g/mol. The molecule has 0 saturated carbocycles. The Morgan fingerprint density at radius 2 is 1.74 bits per heavy atom. The second-order valence-electron chi connectivity index (χ2n) is 5.88. The van der Waals surface area contributed by atoms with Crippen LogP contribution >= 0.6 is 23.4 Å². The molecule has 0 atom stereocenters. The summed E-state index contributed by atoms with van der Waals surface area (Å²) in [5, 5.41) is 3.46. The van der Waals surface area contributed by atoms with Crippen LogP contribution < -0.4 is 10.0 Å². The molecule has 0 heterocycles. The van der Waals surface area contributed by atoms with Crippen molar-refractivity contribution in [3.8, 4) is 0 Å². The summed E-state index contributed by atoms with van der Waals surface area (Å²) in [4.78, 5) is 13.3. The highest BCUT2D eigenvalue weighted by Crippen LogP contribution is 2.21. The molecule has 0 aromatic heterocycles. The number of thioether (sulfide) groups is 1. The van der Waals surface area contributed by atoms with Crippen molar-refractivity contribution < 1.29 is 13.2 Å². The molecule has 0 radical (unpaired) electrons. The van der Waals surface area contributed by atoms with Crippen molar-refractivity contribution >= 4 is 45.0 Å². The second kappa shape index (κ2) is 10.7. The first-order valence-electron chi connectivity index (χ1n) is 8.68. The van der Waals surface area contributed by atoms with Gasteiger partial charge in [-0.2, -0.15) is 0 Å². The maximum atomic E-state index is 12.1. The number of rotatable bonds is 10. The zero-order chi connectivity index (χ0) is 19.7. The monoisotopic (exact) mass is 426 g/mol. The lowest BCUT2D eigenvalue weighted by atomic mass is 10.3. The Kier molecular flexibility index (Phi) is 8.63. The number of anilines is 1. The number of hydrogen-bond acceptors (Lipinski definition) is 4. The highest BCUT2D eigenvalue weighted by Gasteiger charge is 2.13. The van der Waals surface area contributed by atoms with E-state index in [0.29, 0.717) is 29.4 Å². The lowest BCUT2D eigenvalue weighted by molar-refractivity contribution is -0.115. The molecule has 2 aromatic rings. The normalized spacial score (nSPS) is 11.3. The van der Waals surface area contributed by atoms with Crippen LogP contribution in [0.15, 0.2) is 58.3 Å². The third-order valence-corrected chi connectivity index (χ3v) is 6.42. The molecule has 5 nitrogen and oxygen atoms in total. The number of sulfonamides is 1. The Morgan fingerprint density at radius 3 is 2.37 bits per heavy atom. The summed E-state index contributed by atoms with van der Waals surface area (Å²) < 4.78 is 26.8. The number of unbranched alkanes of at least 4 members (excludes halogenated alkanes) is 1. The van der Waals surface area contributed by atoms with Crippen molar-refractivity contribution in [1.29, 1.82) is 0 Å². The molecule has 2 rings (SSSR count). The van der Waals surface area contributed by atoms with Gasteiger partial charge in [0.2, 0.25) is 15.9 Å². The fourth-order valence-corrected chi connectivity index (χ4v) is 4.25. The smallest absolute Gasteiger partial charge is 0.240 e. The summed E-state index contributed by atoms with van der Waals surface area (Å²) >= 11 is 7.42. The van der Waals surface area contributed by atoms with Crippen molar-refractivity contribution in [1.82, 2.24) is 4.72 Å². The third kappa shape index (κ3) is 7.54. The molecule has 0 fully saturated rings. The Bertz CT molecular complexity index is 838. The van der Waals surface area contributed by atoms with Gasteiger partial charge in [-0.3, -0.25) is 4.79 Å². The average Bonchev–Trinajstić information content (AvgIpc) is 2.64. The number of hydrogen-bond donors (Lipinski definition) is 2. The predicted molar refractivity (Wildman–Crippen MR) is 112 cm³/mol. The summed E-state index contributed by atoms with van der Waals surface area (Å²) in [7, 11) is -3.50. The summed E-state index contributed by atoms with van der Waals surface area (Å²) in [6.45, 7) is 2.42. The van der Waals surface area contributed by atoms with E-state index >= 15 is 0 Å². The molecule has 0 saturated heterocycles. The van der Waals surface area contributed by atoms with Gasteiger partial charge in [-0.05, 0) is 55.0 Å². The summed E-state index contributed by atoms with van der Waals surface area (Å²) in [5.41, 5.74) is 0.573. The highest BCUT2D eigenvalue weighted by molar-refractivity contribution is 7.99. The van der Waals surface area contributed by atoms with E-state index in [2.05, 4.69) is 10.0 Å². The van der Waals surface area contributed by atoms with Gasteiger partial charge >= 0.3 is 0 Å². The lowest BCUT2D eigenvalue weighted by Gasteiger charge is -2.08. The van der Waals surface area contributed by atoms with Gasteiger partial charge in [0.05, 0.1) is 4.90 Å². The molecule has 146 valence electrons. The molecule has 0 spiro atoms. The van der Waals surface area contributed by atoms with Gasteiger partial charge in [-0.15, -0.1) is 11.8 Å². The van der Waals surface area contributed by atoms with Gasteiger partial charge in [0.15, 0.2) is 0 Å². The number of carbonyl (C=O) groups is 1. The number of nitrogens with one attached hydrogen (secondary N) is 2. The molecule has 0 bridgehead atoms. The third-order valence-electron chi connectivity index (χ3n) is 3.68. The molecule has 1 amide bonds. The summed E-state index contributed by atoms with van der Waals surface area (Å²) in [6.07, 6.45) is 2.07. The minimum absolute atomic E-state index is 0.117. The first-order chi connectivity index (χ1) is 12.9. The molecular formula is C19H23ClN2O3S2. The zero-order valence-corrected chi connectivity index (χ0v) is 17.5. The molecule has 27 heavy (non-hydrogen) atoms. The van der Waals surface area contributed by atoms with E-state index in [9.17, 15) is 13.2 Å². The Balaban J connectivity index is 1.81. The number of halogens is 1. The molecule has 0 aliphatic carbocycles. The maximum Gasteiger partial charge on any atom is 0.240 e. The van der Waals surface area contributed by atoms with Crippen LogP contribution in [0.2, 0.25) is 5.02 Å². The van der Waals surface area contributed by atoms with Gasteiger partial charge in [0.1, 0.15) is 0 Å². The Labute approximate surface area is 169 Å². The molecule has 0 unspecified atom stereocenters. The second-order valence-corrected chi connectivity index (χ2v) is 9.25. The first kappa shape index (κ1) is 21.8. The van der Waals surface area contributed by atoms with Crippen LogP contribution in [0.25, 0.3) is 0 Å². The predicted octanol–water partition coefficient (Wildman–Crippen LogP) is 4.54. The van der Waals surface area contributed by atoms with Gasteiger partial charge < -0.3 is 5.32 Å². The topological polar surface area (TPSA) is 75.3 Å². The van der Waals surface area contributed by atoms with E-state index in [-0.39, 0.29) is 10.8 Å². The number of benzene rings is 2. The van der Waals surface area contributed by atoms with Crippen LogP contribution in [-0.4, -0.2) is 26.6 Å². The lowest BCUT2D eigenvalue weighted by Crippen LogP contribution is -2.24. The summed E-state index contributed by atoms with van der Waals surface area (Å²) in [5.74, 6) is 0.523. The van der Waals surface area contributed by atoms with Crippen molar-refractivity contribution in [2.75, 3.05) is 17.6 Å². The van der Waals surface area contributed by atoms with Crippen LogP contribution in [0, 0.1) is 0 Å². The van der Waals surface area contributed by atoms with Gasteiger partial charge in [0.25, 0.3) is 0 Å². The van der Waals surface area contributed by atoms with E-state index in [1.807, 2.05) is 31.2 Å². The standard InChI is InChI=1S/C19H23ClN2O3S2/c1-2-3-13-21-27(24,25)18-10-6-16(7-11-18)22-19(23)12-14-26-17-8-4-15(20)5-9-17/h4-11,21H,2-3,12-14H2,1H3,(H,22,23). The van der Waals surface area contributed by atoms with Crippen LogP contribution in [0.5, 0.6) is 0 Å². The zero-order valence-electron chi connectivity index (χ0n) is 15.1. The van der Waals surface area contributed by atoms with Crippen molar-refractivity contribution in [2.24, 2.45) is 0 Å². The fraction of sp³-hybridized carbons (Fsp3) is 0.316. The maximum absolute atomic E-state index is 12.1. The van der Waals surface area contributed by atoms with Crippen LogP contribution in [0.4, 0.5) is 5.69 Å². The van der Waals surface area contributed by atoms with Crippen LogP contribution in [-0.2, 0) is 14.8 Å². The Hall–Kier alpha value is -1.54. The molecule has 0 aliphatic rings. The first-order valence-corrected chi connectivity index (χ1v) is 11.5. The minimum atomic E-state index is -3.50. The molecule has 0 aliphatic heterocycles. The molecular weight excluding hydrogens is 404 g/mol. The molecule has 2 N–H and O–H groups in total. The number of amides is 1. The quantitative estimate of drug-likeness (QED) is 0.432. The van der Waals surface area contributed by atoms with E-state index in [1.165, 1.54) is 12.1 Å². The largest absolute Gasteiger partial charge is 0.326 e. The fourth-order valence-electron chi connectivity index (χ4n) is 2.20. The van der Waals surface area contributed by atoms with Crippen LogP contribution in [0.3, 0.4) is 0 Å². The van der Waals surface area contributed by atoms with Gasteiger partial charge in [-0.25, -0.2) is 13.1 Å². The Morgan fingerprint density at radius 1 is 1.07 bits per heavy atom. The van der Waals surface area contributed by atoms with Gasteiger partial charge in [0, 0.05) is 34.3 Å². The van der Waals surface area contributed by atoms with E-state index in [0.717, 1.165) is 17.7 Å². The summed E-state index contributed by atoms with van der Waals surface area (Å²) in [6, 6.07) is 13.6. The van der Waals surface area contributed by atoms with Crippen molar-refractivity contribution in [3.63, 3.8) is 0 Å². The molecule has 8 heteroatoms. The SMILES string of the molecule is CCCCNS(=O)(=O)c1ccc(NC(=O)CCSc2ccc(Cl)cc2)cc1. The highest BCUT2D eigenvalue weighted by atomic mass is 35.5.